The van der Waals surface area contributed by atoms with Crippen molar-refractivity contribution in [2.75, 3.05) is 30.9 Å². The first-order valence-corrected chi connectivity index (χ1v) is 15.2. The Morgan fingerprint density at radius 2 is 1.97 bits per heavy atom. The number of ether oxygens (including phenoxy) is 1. The van der Waals surface area contributed by atoms with E-state index >= 15 is 0 Å². The summed E-state index contributed by atoms with van der Waals surface area (Å²) in [5.74, 6) is 1.40. The van der Waals surface area contributed by atoms with Crippen molar-refractivity contribution in [2.45, 2.75) is 58.2 Å². The van der Waals surface area contributed by atoms with Gasteiger partial charge in [-0.05, 0) is 48.8 Å². The molecule has 9 nitrogen and oxygen atoms in total. The van der Waals surface area contributed by atoms with Crippen LogP contribution < -0.4 is 15.4 Å². The van der Waals surface area contributed by atoms with Crippen LogP contribution in [0.15, 0.2) is 30.6 Å². The quantitative estimate of drug-likeness (QED) is 0.388. The summed E-state index contributed by atoms with van der Waals surface area (Å²) in [5, 5.41) is 16.7. The maximum absolute atomic E-state index is 9.95. The predicted octanol–water partition coefficient (Wildman–Crippen LogP) is 5.57. The highest BCUT2D eigenvalue weighted by Gasteiger charge is 2.42. The molecule has 0 bridgehead atoms. The number of anilines is 3. The summed E-state index contributed by atoms with van der Waals surface area (Å²) in [5.41, 5.74) is 4.37. The molecule has 1 atom stereocenters. The van der Waals surface area contributed by atoms with Crippen molar-refractivity contribution in [2.24, 2.45) is 0 Å². The molecule has 1 aromatic carbocycles. The van der Waals surface area contributed by atoms with E-state index in [2.05, 4.69) is 78.5 Å². The number of aromatic nitrogens is 4. The summed E-state index contributed by atoms with van der Waals surface area (Å²) in [6.45, 7) is 16.5. The lowest BCUT2D eigenvalue weighted by Crippen LogP contribution is -2.45. The van der Waals surface area contributed by atoms with Crippen LogP contribution in [-0.2, 0) is 9.84 Å². The number of nitrogens with zero attached hydrogens (tertiary/aromatic N) is 5. The normalized spacial score (nSPS) is 17.1. The van der Waals surface area contributed by atoms with Crippen LogP contribution in [0.3, 0.4) is 0 Å². The standard InChI is InChI=1S/C27H35N7O2Si/c1-17-30-14-22(24(32-17)35-6)34-25-29-10-9-21(33-25)18-11-19(13-28)23-20(12-18)27(5,15-31-23)16-36-37(7,8)26(2,3)4/h9-12,14,31H,15-16H2,1-8H3,(H,29,33,34)/t27-/m1/s1. The summed E-state index contributed by atoms with van der Waals surface area (Å²) < 4.78 is 12.0. The smallest absolute Gasteiger partial charge is 0.240 e. The van der Waals surface area contributed by atoms with Crippen molar-refractivity contribution in [3.63, 3.8) is 0 Å². The highest BCUT2D eigenvalue weighted by Crippen LogP contribution is 2.44. The molecule has 2 N–H and O–H groups in total. The van der Waals surface area contributed by atoms with Gasteiger partial charge in [-0.2, -0.15) is 10.2 Å². The molecule has 0 spiro atoms. The number of methoxy groups -OCH3 is 1. The van der Waals surface area contributed by atoms with Crippen LogP contribution in [0, 0.1) is 18.3 Å². The molecule has 1 aliphatic heterocycles. The third-order valence-corrected chi connectivity index (χ3v) is 11.9. The van der Waals surface area contributed by atoms with Crippen LogP contribution in [-0.4, -0.2) is 48.5 Å². The minimum absolute atomic E-state index is 0.118. The zero-order chi connectivity index (χ0) is 27.0. The topological polar surface area (TPSA) is 118 Å². The molecular weight excluding hydrogens is 482 g/mol. The number of aryl methyl sites for hydroxylation is 1. The minimum Gasteiger partial charge on any atom is -0.479 e. The van der Waals surface area contributed by atoms with Gasteiger partial charge in [0.05, 0.1) is 30.3 Å². The maximum Gasteiger partial charge on any atom is 0.240 e. The molecular formula is C27H35N7O2Si. The number of benzene rings is 1. The highest BCUT2D eigenvalue weighted by molar-refractivity contribution is 6.74. The van der Waals surface area contributed by atoms with Gasteiger partial charge in [-0.1, -0.05) is 27.7 Å². The fraction of sp³-hybridized carbons (Fsp3) is 0.444. The van der Waals surface area contributed by atoms with Gasteiger partial charge in [0.15, 0.2) is 8.32 Å². The summed E-state index contributed by atoms with van der Waals surface area (Å²) >= 11 is 0. The van der Waals surface area contributed by atoms with Crippen LogP contribution >= 0.6 is 0 Å². The van der Waals surface area contributed by atoms with Gasteiger partial charge in [0.1, 0.15) is 17.6 Å². The van der Waals surface area contributed by atoms with E-state index in [0.717, 1.165) is 16.8 Å². The Bertz CT molecular complexity index is 1360. The van der Waals surface area contributed by atoms with Crippen LogP contribution in [0.25, 0.3) is 11.3 Å². The lowest BCUT2D eigenvalue weighted by atomic mass is 9.83. The third kappa shape index (κ3) is 5.28. The average Bonchev–Trinajstić information content (AvgIpc) is 3.19. The van der Waals surface area contributed by atoms with E-state index in [1.54, 1.807) is 26.4 Å². The number of rotatable bonds is 7. The zero-order valence-corrected chi connectivity index (χ0v) is 23.9. The summed E-state index contributed by atoms with van der Waals surface area (Å²) in [7, 11) is -0.385. The second-order valence-corrected chi connectivity index (χ2v) is 16.1. The van der Waals surface area contributed by atoms with Gasteiger partial charge in [-0.15, -0.1) is 0 Å². The Morgan fingerprint density at radius 1 is 1.22 bits per heavy atom. The van der Waals surface area contributed by atoms with Crippen molar-refractivity contribution in [3.05, 3.63) is 47.5 Å². The van der Waals surface area contributed by atoms with Gasteiger partial charge < -0.3 is 19.8 Å². The van der Waals surface area contributed by atoms with Crippen LogP contribution in [0.1, 0.15) is 44.6 Å². The number of nitrogens with one attached hydrogen (secondary N) is 2. The first kappa shape index (κ1) is 26.5. The second kappa shape index (κ2) is 9.72. The van der Waals surface area contributed by atoms with Gasteiger partial charge in [0.2, 0.25) is 11.8 Å². The molecule has 0 unspecified atom stereocenters. The molecule has 3 heterocycles. The monoisotopic (exact) mass is 517 g/mol. The lowest BCUT2D eigenvalue weighted by molar-refractivity contribution is 0.220. The summed E-state index contributed by atoms with van der Waals surface area (Å²) in [6.07, 6.45) is 3.32. The van der Waals surface area contributed by atoms with Crippen LogP contribution in [0.4, 0.5) is 17.3 Å². The molecule has 194 valence electrons. The lowest BCUT2D eigenvalue weighted by Gasteiger charge is -2.39. The largest absolute Gasteiger partial charge is 0.479 e. The minimum atomic E-state index is -1.94. The first-order chi connectivity index (χ1) is 17.4. The number of hydrogen-bond donors (Lipinski definition) is 2. The van der Waals surface area contributed by atoms with Crippen molar-refractivity contribution >= 4 is 25.6 Å². The molecule has 10 heteroatoms. The molecule has 4 rings (SSSR count). The molecule has 3 aromatic rings. The number of hydrogen-bond acceptors (Lipinski definition) is 9. The molecule has 2 aromatic heterocycles. The van der Waals surface area contributed by atoms with E-state index in [1.165, 1.54) is 0 Å². The van der Waals surface area contributed by atoms with Gasteiger partial charge in [0, 0.05) is 30.3 Å². The molecule has 37 heavy (non-hydrogen) atoms. The molecule has 0 fully saturated rings. The predicted molar refractivity (Wildman–Crippen MR) is 148 cm³/mol. The van der Waals surface area contributed by atoms with Crippen molar-refractivity contribution in [3.8, 4) is 23.2 Å². The Balaban J connectivity index is 1.68. The maximum atomic E-state index is 9.95. The Kier molecular flexibility index (Phi) is 6.97. The fourth-order valence-electron chi connectivity index (χ4n) is 4.00. The summed E-state index contributed by atoms with van der Waals surface area (Å²) in [4.78, 5) is 17.6. The van der Waals surface area contributed by atoms with Crippen LogP contribution in [0.5, 0.6) is 5.88 Å². The second-order valence-electron chi connectivity index (χ2n) is 11.3. The van der Waals surface area contributed by atoms with E-state index in [0.29, 0.717) is 47.7 Å². The summed E-state index contributed by atoms with van der Waals surface area (Å²) in [6, 6.07) is 8.18. The SMILES string of the molecule is COc1nc(C)ncc1Nc1nccc(-c2cc(C#N)c3c(c2)[C@@](C)(CO[Si](C)(C)C(C)(C)C)CN3)n1. The molecule has 0 amide bonds. The fourth-order valence-corrected chi connectivity index (χ4v) is 5.11. The van der Waals surface area contributed by atoms with Gasteiger partial charge in [-0.25, -0.2) is 15.0 Å². The molecule has 0 aliphatic carbocycles. The highest BCUT2D eigenvalue weighted by atomic mass is 28.4. The third-order valence-electron chi connectivity index (χ3n) is 7.39. The molecule has 0 radical (unpaired) electrons. The van der Waals surface area contributed by atoms with E-state index < -0.39 is 8.32 Å². The molecule has 0 saturated heterocycles. The van der Waals surface area contributed by atoms with E-state index in [-0.39, 0.29) is 10.5 Å². The first-order valence-electron chi connectivity index (χ1n) is 12.3. The molecule has 1 aliphatic rings. The number of nitriles is 1. The molecule has 0 saturated carbocycles. The van der Waals surface area contributed by atoms with E-state index in [9.17, 15) is 5.26 Å². The van der Waals surface area contributed by atoms with Crippen molar-refractivity contribution < 1.29 is 9.16 Å². The Morgan fingerprint density at radius 3 is 2.65 bits per heavy atom. The zero-order valence-electron chi connectivity index (χ0n) is 22.9. The van der Waals surface area contributed by atoms with E-state index in [4.69, 9.17) is 14.1 Å². The van der Waals surface area contributed by atoms with Gasteiger partial charge in [0.25, 0.3) is 0 Å². The van der Waals surface area contributed by atoms with Crippen LogP contribution in [0.2, 0.25) is 18.1 Å². The average molecular weight is 518 g/mol. The number of fused-ring (bicyclic) bond motifs is 1. The van der Waals surface area contributed by atoms with E-state index in [1.807, 2.05) is 12.1 Å². The Labute approximate surface area is 219 Å². The van der Waals surface area contributed by atoms with Gasteiger partial charge >= 0.3 is 0 Å². The Hall–Kier alpha value is -3.55. The van der Waals surface area contributed by atoms with Crippen molar-refractivity contribution in [1.29, 1.82) is 5.26 Å². The van der Waals surface area contributed by atoms with Crippen molar-refractivity contribution in [1.82, 2.24) is 19.9 Å². The van der Waals surface area contributed by atoms with Gasteiger partial charge in [-0.3, -0.25) is 0 Å².